The minimum Gasteiger partial charge on any atom is -0.360 e. The highest BCUT2D eigenvalue weighted by Gasteiger charge is 2.53. The van der Waals surface area contributed by atoms with Gasteiger partial charge in [-0.2, -0.15) is 0 Å². The number of thiocarbonyl (C=S) groups is 1. The smallest absolute Gasteiger partial charge is 0.166 e. The van der Waals surface area contributed by atoms with Crippen molar-refractivity contribution in [1.82, 2.24) is 10.6 Å². The summed E-state index contributed by atoms with van der Waals surface area (Å²) in [5, 5.41) is 7.97. The Balaban J connectivity index is 1.43. The van der Waals surface area contributed by atoms with Gasteiger partial charge in [-0.05, 0) is 93.7 Å². The summed E-state index contributed by atoms with van der Waals surface area (Å²) in [5.41, 5.74) is 0.560. The van der Waals surface area contributed by atoms with E-state index in [0.717, 1.165) is 22.9 Å². The van der Waals surface area contributed by atoms with Crippen LogP contribution in [-0.2, 0) is 0 Å². The van der Waals surface area contributed by atoms with Crippen LogP contribution in [0.15, 0.2) is 0 Å². The van der Waals surface area contributed by atoms with Crippen LogP contribution in [0, 0.1) is 23.2 Å². The Labute approximate surface area is 122 Å². The molecule has 2 N–H and O–H groups in total. The second kappa shape index (κ2) is 4.34. The molecule has 5 fully saturated rings. The van der Waals surface area contributed by atoms with E-state index in [0.29, 0.717) is 17.5 Å². The van der Waals surface area contributed by atoms with Crippen LogP contribution in [-0.4, -0.2) is 17.2 Å². The summed E-state index contributed by atoms with van der Waals surface area (Å²) in [6.45, 7) is 2.38. The molecule has 5 rings (SSSR count). The topological polar surface area (TPSA) is 24.1 Å². The van der Waals surface area contributed by atoms with Gasteiger partial charge in [-0.1, -0.05) is 0 Å². The van der Waals surface area contributed by atoms with Gasteiger partial charge in [-0.25, -0.2) is 0 Å². The van der Waals surface area contributed by atoms with E-state index in [4.69, 9.17) is 12.2 Å². The predicted octanol–water partition coefficient (Wildman–Crippen LogP) is 3.22. The summed E-state index contributed by atoms with van der Waals surface area (Å²) in [5.74, 6) is 3.08. The first-order valence-electron chi connectivity index (χ1n) is 8.20. The molecule has 0 aliphatic heterocycles. The average Bonchev–Trinajstić information content (AvgIpc) is 3.10. The predicted molar refractivity (Wildman–Crippen MR) is 82.0 cm³/mol. The van der Waals surface area contributed by atoms with Crippen molar-refractivity contribution in [2.24, 2.45) is 23.2 Å². The zero-order valence-corrected chi connectivity index (χ0v) is 12.8. The highest BCUT2D eigenvalue weighted by molar-refractivity contribution is 7.80. The lowest BCUT2D eigenvalue weighted by Crippen LogP contribution is -2.57. The maximum atomic E-state index is 5.48. The average molecular weight is 278 g/mol. The molecule has 19 heavy (non-hydrogen) atoms. The summed E-state index contributed by atoms with van der Waals surface area (Å²) < 4.78 is 0. The highest BCUT2D eigenvalue weighted by atomic mass is 32.1. The Hall–Kier alpha value is -0.310. The Bertz CT molecular complexity index is 353. The van der Waals surface area contributed by atoms with Gasteiger partial charge < -0.3 is 10.6 Å². The summed E-state index contributed by atoms with van der Waals surface area (Å²) in [6.07, 6.45) is 11.5. The van der Waals surface area contributed by atoms with Gasteiger partial charge in [-0.3, -0.25) is 0 Å². The molecule has 1 atom stereocenters. The van der Waals surface area contributed by atoms with Crippen LogP contribution < -0.4 is 10.6 Å². The fourth-order valence-electron chi connectivity index (χ4n) is 5.51. The van der Waals surface area contributed by atoms with Gasteiger partial charge in [0.05, 0.1) is 0 Å². The Morgan fingerprint density at radius 2 is 1.58 bits per heavy atom. The molecule has 3 heteroatoms. The number of hydrogen-bond donors (Lipinski definition) is 2. The summed E-state index contributed by atoms with van der Waals surface area (Å²) in [7, 11) is 0. The second-order valence-electron chi connectivity index (χ2n) is 7.89. The third-order valence-corrected chi connectivity index (χ3v) is 6.50. The third-order valence-electron chi connectivity index (χ3n) is 6.26. The first kappa shape index (κ1) is 12.4. The lowest BCUT2D eigenvalue weighted by Gasteiger charge is -2.59. The summed E-state index contributed by atoms with van der Waals surface area (Å²) in [6, 6.07) is 1.23. The normalized spacial score (nSPS) is 45.0. The maximum absolute atomic E-state index is 5.48. The van der Waals surface area contributed by atoms with Crippen LogP contribution >= 0.6 is 12.2 Å². The standard InChI is InChI=1S/C16H26N2S/c1-10(17-15(19)18-14-2-3-14)16-7-11-4-12(8-16)6-13(5-11)9-16/h10-14H,2-9H2,1H3,(H2,17,18,19). The molecule has 0 radical (unpaired) electrons. The lowest BCUT2D eigenvalue weighted by molar-refractivity contribution is -0.0672. The quantitative estimate of drug-likeness (QED) is 0.775. The first-order chi connectivity index (χ1) is 9.13. The van der Waals surface area contributed by atoms with E-state index < -0.39 is 0 Å². The molecule has 5 aliphatic carbocycles. The monoisotopic (exact) mass is 278 g/mol. The van der Waals surface area contributed by atoms with Gasteiger partial charge in [0.25, 0.3) is 0 Å². The molecular weight excluding hydrogens is 252 g/mol. The Morgan fingerprint density at radius 1 is 1.05 bits per heavy atom. The van der Waals surface area contributed by atoms with Crippen LogP contribution in [0.3, 0.4) is 0 Å². The van der Waals surface area contributed by atoms with Crippen molar-refractivity contribution in [1.29, 1.82) is 0 Å². The molecule has 1 unspecified atom stereocenters. The Morgan fingerprint density at radius 3 is 2.05 bits per heavy atom. The summed E-state index contributed by atoms with van der Waals surface area (Å²) >= 11 is 5.48. The second-order valence-corrected chi connectivity index (χ2v) is 8.30. The molecule has 0 saturated heterocycles. The van der Waals surface area contributed by atoms with Crippen molar-refractivity contribution in [2.75, 3.05) is 0 Å². The fourth-order valence-corrected chi connectivity index (χ4v) is 5.86. The van der Waals surface area contributed by atoms with Crippen LogP contribution in [0.5, 0.6) is 0 Å². The lowest BCUT2D eigenvalue weighted by atomic mass is 9.48. The fraction of sp³-hybridized carbons (Fsp3) is 0.938. The van der Waals surface area contributed by atoms with Crippen LogP contribution in [0.25, 0.3) is 0 Å². The van der Waals surface area contributed by atoms with Crippen LogP contribution in [0.4, 0.5) is 0 Å². The molecule has 0 heterocycles. The molecule has 2 nitrogen and oxygen atoms in total. The zero-order valence-electron chi connectivity index (χ0n) is 12.0. The van der Waals surface area contributed by atoms with E-state index in [2.05, 4.69) is 17.6 Å². The molecule has 5 aliphatic rings. The molecule has 4 bridgehead atoms. The van der Waals surface area contributed by atoms with Gasteiger partial charge >= 0.3 is 0 Å². The minimum atomic E-state index is 0.555. The number of nitrogens with one attached hydrogen (secondary N) is 2. The van der Waals surface area contributed by atoms with E-state index >= 15 is 0 Å². The third kappa shape index (κ3) is 2.28. The molecular formula is C16H26N2S. The Kier molecular flexibility index (Phi) is 2.84. The van der Waals surface area contributed by atoms with Crippen molar-refractivity contribution in [2.45, 2.75) is 70.4 Å². The van der Waals surface area contributed by atoms with Gasteiger partial charge in [0.1, 0.15) is 0 Å². The van der Waals surface area contributed by atoms with Gasteiger partial charge in [0.2, 0.25) is 0 Å². The van der Waals surface area contributed by atoms with Crippen molar-refractivity contribution < 1.29 is 0 Å². The van der Waals surface area contributed by atoms with Crippen molar-refractivity contribution in [3.05, 3.63) is 0 Å². The minimum absolute atomic E-state index is 0.555. The van der Waals surface area contributed by atoms with Gasteiger partial charge in [0.15, 0.2) is 5.11 Å². The molecule has 0 aromatic heterocycles. The van der Waals surface area contributed by atoms with Crippen molar-refractivity contribution in [3.63, 3.8) is 0 Å². The van der Waals surface area contributed by atoms with E-state index in [9.17, 15) is 0 Å². The SMILES string of the molecule is CC(NC(=S)NC1CC1)C12CC3CC(CC(C3)C1)C2. The van der Waals surface area contributed by atoms with E-state index in [-0.39, 0.29) is 0 Å². The van der Waals surface area contributed by atoms with E-state index in [1.807, 2.05) is 0 Å². The van der Waals surface area contributed by atoms with Gasteiger partial charge in [-0.15, -0.1) is 0 Å². The number of hydrogen-bond acceptors (Lipinski definition) is 1. The van der Waals surface area contributed by atoms with E-state index in [1.165, 1.54) is 51.4 Å². The zero-order chi connectivity index (χ0) is 13.0. The first-order valence-corrected chi connectivity index (χ1v) is 8.61. The van der Waals surface area contributed by atoms with Crippen molar-refractivity contribution in [3.8, 4) is 0 Å². The largest absolute Gasteiger partial charge is 0.360 e. The summed E-state index contributed by atoms with van der Waals surface area (Å²) in [4.78, 5) is 0. The molecule has 0 spiro atoms. The van der Waals surface area contributed by atoms with Crippen LogP contribution in [0.1, 0.15) is 58.3 Å². The molecule has 0 aromatic rings. The molecule has 5 saturated carbocycles. The number of rotatable bonds is 3. The highest BCUT2D eigenvalue weighted by Crippen LogP contribution is 2.61. The maximum Gasteiger partial charge on any atom is 0.166 e. The van der Waals surface area contributed by atoms with Crippen molar-refractivity contribution >= 4 is 17.3 Å². The molecule has 0 amide bonds. The molecule has 106 valence electrons. The van der Waals surface area contributed by atoms with Crippen LogP contribution in [0.2, 0.25) is 0 Å². The van der Waals surface area contributed by atoms with Gasteiger partial charge in [0, 0.05) is 12.1 Å². The van der Waals surface area contributed by atoms with E-state index in [1.54, 1.807) is 0 Å². The molecule has 0 aromatic carbocycles.